The second kappa shape index (κ2) is 6.85. The Bertz CT molecular complexity index is 454. The maximum absolute atomic E-state index is 12.6. The number of carbonyl (C=O) groups excluding carboxylic acids is 1. The summed E-state index contributed by atoms with van der Waals surface area (Å²) in [7, 11) is 0. The highest BCUT2D eigenvalue weighted by Gasteiger charge is 2.31. The van der Waals surface area contributed by atoms with Gasteiger partial charge in [0.2, 0.25) is 5.91 Å². The van der Waals surface area contributed by atoms with Crippen LogP contribution in [0.2, 0.25) is 0 Å². The Morgan fingerprint density at radius 1 is 1.50 bits per heavy atom. The SMILES string of the molecule is C[C@H](C(=O)N(CC(=O)O)C1CCOCC1)c1cccs1. The molecule has 0 bridgehead atoms. The molecule has 1 atom stereocenters. The molecule has 1 aromatic heterocycles. The van der Waals surface area contributed by atoms with Gasteiger partial charge in [-0.25, -0.2) is 0 Å². The fraction of sp³-hybridized carbons (Fsp3) is 0.571. The molecule has 110 valence electrons. The van der Waals surface area contributed by atoms with E-state index in [2.05, 4.69) is 0 Å². The van der Waals surface area contributed by atoms with Crippen LogP contribution in [0.25, 0.3) is 0 Å². The third-order valence-corrected chi connectivity index (χ3v) is 4.62. The molecule has 0 aliphatic carbocycles. The molecular formula is C14H19NO4S. The summed E-state index contributed by atoms with van der Waals surface area (Å²) < 4.78 is 5.28. The lowest BCUT2D eigenvalue weighted by Crippen LogP contribution is -2.47. The number of carbonyl (C=O) groups is 2. The Kier molecular flexibility index (Phi) is 5.14. The van der Waals surface area contributed by atoms with Gasteiger partial charge in [0.15, 0.2) is 0 Å². The van der Waals surface area contributed by atoms with Crippen LogP contribution >= 0.6 is 11.3 Å². The van der Waals surface area contributed by atoms with E-state index in [0.29, 0.717) is 26.1 Å². The number of hydrogen-bond acceptors (Lipinski definition) is 4. The van der Waals surface area contributed by atoms with Gasteiger partial charge in [-0.2, -0.15) is 0 Å². The number of amides is 1. The summed E-state index contributed by atoms with van der Waals surface area (Å²) in [5.41, 5.74) is 0. The van der Waals surface area contributed by atoms with Crippen LogP contribution in [-0.4, -0.2) is 47.7 Å². The molecule has 0 aromatic carbocycles. The lowest BCUT2D eigenvalue weighted by molar-refractivity contribution is -0.148. The number of ether oxygens (including phenoxy) is 1. The standard InChI is InChI=1S/C14H19NO4S/c1-10(12-3-2-8-20-12)14(18)15(9-13(16)17)11-4-6-19-7-5-11/h2-3,8,10-11H,4-7,9H2,1H3,(H,16,17)/t10-/m0/s1. The fourth-order valence-electron chi connectivity index (χ4n) is 2.44. The van der Waals surface area contributed by atoms with Crippen LogP contribution in [0.3, 0.4) is 0 Å². The van der Waals surface area contributed by atoms with Crippen LogP contribution in [0.4, 0.5) is 0 Å². The van der Waals surface area contributed by atoms with Crippen molar-refractivity contribution in [3.8, 4) is 0 Å². The molecule has 0 saturated carbocycles. The van der Waals surface area contributed by atoms with Crippen molar-refractivity contribution in [2.75, 3.05) is 19.8 Å². The smallest absolute Gasteiger partial charge is 0.323 e. The minimum atomic E-state index is -0.969. The van der Waals surface area contributed by atoms with Crippen molar-refractivity contribution in [3.05, 3.63) is 22.4 Å². The molecule has 1 N–H and O–H groups in total. The topological polar surface area (TPSA) is 66.8 Å². The van der Waals surface area contributed by atoms with Crippen LogP contribution in [0.5, 0.6) is 0 Å². The number of thiophene rings is 1. The molecule has 1 aliphatic heterocycles. The Hall–Kier alpha value is -1.40. The van der Waals surface area contributed by atoms with Crippen LogP contribution in [0.1, 0.15) is 30.6 Å². The second-order valence-corrected chi connectivity index (χ2v) is 5.92. The van der Waals surface area contributed by atoms with Gasteiger partial charge in [-0.05, 0) is 31.2 Å². The van der Waals surface area contributed by atoms with Crippen LogP contribution in [0.15, 0.2) is 17.5 Å². The third-order valence-electron chi connectivity index (χ3n) is 3.56. The van der Waals surface area contributed by atoms with Crippen molar-refractivity contribution in [1.29, 1.82) is 0 Å². The molecular weight excluding hydrogens is 278 g/mol. The maximum atomic E-state index is 12.6. The number of nitrogens with zero attached hydrogens (tertiary/aromatic N) is 1. The fourth-order valence-corrected chi connectivity index (χ4v) is 3.21. The van der Waals surface area contributed by atoms with E-state index in [1.807, 2.05) is 24.4 Å². The lowest BCUT2D eigenvalue weighted by atomic mass is 10.0. The normalized spacial score (nSPS) is 17.6. The number of hydrogen-bond donors (Lipinski definition) is 1. The van der Waals surface area contributed by atoms with Crippen molar-refractivity contribution >= 4 is 23.2 Å². The van der Waals surface area contributed by atoms with Gasteiger partial charge in [0.1, 0.15) is 6.54 Å². The van der Waals surface area contributed by atoms with E-state index >= 15 is 0 Å². The molecule has 20 heavy (non-hydrogen) atoms. The largest absolute Gasteiger partial charge is 0.480 e. The predicted molar refractivity (Wildman–Crippen MR) is 75.9 cm³/mol. The van der Waals surface area contributed by atoms with E-state index in [0.717, 1.165) is 4.88 Å². The van der Waals surface area contributed by atoms with Crippen molar-refractivity contribution < 1.29 is 19.4 Å². The molecule has 1 aliphatic rings. The van der Waals surface area contributed by atoms with Gasteiger partial charge in [0, 0.05) is 24.1 Å². The van der Waals surface area contributed by atoms with E-state index in [-0.39, 0.29) is 24.4 Å². The molecule has 2 heterocycles. The van der Waals surface area contributed by atoms with Gasteiger partial charge in [-0.1, -0.05) is 6.07 Å². The first-order valence-electron chi connectivity index (χ1n) is 6.73. The molecule has 0 spiro atoms. The zero-order valence-electron chi connectivity index (χ0n) is 11.4. The third kappa shape index (κ3) is 3.58. The summed E-state index contributed by atoms with van der Waals surface area (Å²) in [5, 5.41) is 11.0. The van der Waals surface area contributed by atoms with Crippen LogP contribution in [-0.2, 0) is 14.3 Å². The molecule has 0 unspecified atom stereocenters. The zero-order valence-corrected chi connectivity index (χ0v) is 12.3. The Balaban J connectivity index is 2.12. The zero-order chi connectivity index (χ0) is 14.5. The number of rotatable bonds is 5. The van der Waals surface area contributed by atoms with Crippen molar-refractivity contribution in [3.63, 3.8) is 0 Å². The summed E-state index contributed by atoms with van der Waals surface area (Å²) in [5.74, 6) is -1.37. The highest BCUT2D eigenvalue weighted by molar-refractivity contribution is 7.10. The lowest BCUT2D eigenvalue weighted by Gasteiger charge is -2.34. The average Bonchev–Trinajstić information content (AvgIpc) is 2.98. The van der Waals surface area contributed by atoms with Gasteiger partial charge >= 0.3 is 5.97 Å². The highest BCUT2D eigenvalue weighted by Crippen LogP contribution is 2.25. The van der Waals surface area contributed by atoms with Crippen molar-refractivity contribution in [1.82, 2.24) is 4.90 Å². The first-order valence-corrected chi connectivity index (χ1v) is 7.61. The number of carboxylic acids is 1. The summed E-state index contributed by atoms with van der Waals surface area (Å²) in [6.45, 7) is 2.77. The van der Waals surface area contributed by atoms with E-state index < -0.39 is 5.97 Å². The highest BCUT2D eigenvalue weighted by atomic mass is 32.1. The molecule has 6 heteroatoms. The van der Waals surface area contributed by atoms with Crippen molar-refractivity contribution in [2.45, 2.75) is 31.7 Å². The molecule has 0 radical (unpaired) electrons. The maximum Gasteiger partial charge on any atom is 0.323 e. The predicted octanol–water partition coefficient (Wildman–Crippen LogP) is 1.94. The minimum absolute atomic E-state index is 0.0326. The summed E-state index contributed by atoms with van der Waals surface area (Å²) in [6, 6.07) is 3.78. The van der Waals surface area contributed by atoms with Gasteiger partial charge in [-0.15, -0.1) is 11.3 Å². The van der Waals surface area contributed by atoms with Gasteiger partial charge < -0.3 is 14.7 Å². The van der Waals surface area contributed by atoms with E-state index in [9.17, 15) is 9.59 Å². The average molecular weight is 297 g/mol. The first-order chi connectivity index (χ1) is 9.59. The number of carboxylic acid groups (broad SMARTS) is 1. The molecule has 1 aromatic rings. The quantitative estimate of drug-likeness (QED) is 0.902. The Morgan fingerprint density at radius 2 is 2.20 bits per heavy atom. The van der Waals surface area contributed by atoms with Gasteiger partial charge in [-0.3, -0.25) is 9.59 Å². The molecule has 1 amide bonds. The number of aliphatic carboxylic acids is 1. The van der Waals surface area contributed by atoms with Gasteiger partial charge in [0.05, 0.1) is 5.92 Å². The summed E-state index contributed by atoms with van der Waals surface area (Å²) in [4.78, 5) is 26.1. The van der Waals surface area contributed by atoms with E-state index in [1.54, 1.807) is 0 Å². The van der Waals surface area contributed by atoms with Crippen LogP contribution in [0, 0.1) is 0 Å². The Labute approximate surface area is 122 Å². The summed E-state index contributed by atoms with van der Waals surface area (Å²) in [6.07, 6.45) is 1.41. The summed E-state index contributed by atoms with van der Waals surface area (Å²) >= 11 is 1.52. The first kappa shape index (κ1) is 15.0. The molecule has 2 rings (SSSR count). The molecule has 1 saturated heterocycles. The van der Waals surface area contributed by atoms with Crippen molar-refractivity contribution in [2.24, 2.45) is 0 Å². The minimum Gasteiger partial charge on any atom is -0.480 e. The Morgan fingerprint density at radius 3 is 2.75 bits per heavy atom. The molecule has 5 nitrogen and oxygen atoms in total. The van der Waals surface area contributed by atoms with Gasteiger partial charge in [0.25, 0.3) is 0 Å². The van der Waals surface area contributed by atoms with Crippen LogP contribution < -0.4 is 0 Å². The molecule has 1 fully saturated rings. The monoisotopic (exact) mass is 297 g/mol. The van der Waals surface area contributed by atoms with E-state index in [4.69, 9.17) is 9.84 Å². The second-order valence-electron chi connectivity index (χ2n) is 4.94. The van der Waals surface area contributed by atoms with E-state index in [1.165, 1.54) is 16.2 Å².